The van der Waals surface area contributed by atoms with Crippen molar-refractivity contribution in [2.45, 2.75) is 23.9 Å². The minimum absolute atomic E-state index is 0.0122. The Kier molecular flexibility index (Phi) is 6.96. The maximum Gasteiger partial charge on any atom is 0.262 e. The first-order valence-corrected chi connectivity index (χ1v) is 12.3. The fraction of sp³-hybridized carbons (Fsp3) is 0.240. The normalized spacial score (nSPS) is 16.3. The molecule has 0 bridgehead atoms. The Morgan fingerprint density at radius 1 is 1.03 bits per heavy atom. The van der Waals surface area contributed by atoms with Crippen LogP contribution in [0, 0.1) is 0 Å². The van der Waals surface area contributed by atoms with Gasteiger partial charge in [-0.1, -0.05) is 48.5 Å². The molecule has 0 aromatic heterocycles. The number of anilines is 1. The Labute approximate surface area is 194 Å². The highest BCUT2D eigenvalue weighted by molar-refractivity contribution is 7.92. The summed E-state index contributed by atoms with van der Waals surface area (Å²) >= 11 is 0. The highest BCUT2D eigenvalue weighted by atomic mass is 32.2. The Bertz CT molecular complexity index is 1220. The Morgan fingerprint density at radius 3 is 2.58 bits per heavy atom. The first kappa shape index (κ1) is 22.8. The lowest BCUT2D eigenvalue weighted by Crippen LogP contribution is -2.37. The number of hydrogen-bond donors (Lipinski definition) is 2. The van der Waals surface area contributed by atoms with E-state index < -0.39 is 10.0 Å². The third kappa shape index (κ3) is 5.71. The highest BCUT2D eigenvalue weighted by Crippen LogP contribution is 2.26. The van der Waals surface area contributed by atoms with Crippen LogP contribution in [0.3, 0.4) is 0 Å². The molecule has 3 aromatic carbocycles. The number of methoxy groups -OCH3 is 1. The van der Waals surface area contributed by atoms with E-state index in [9.17, 15) is 13.2 Å². The predicted octanol–water partition coefficient (Wildman–Crippen LogP) is 3.50. The van der Waals surface area contributed by atoms with Crippen molar-refractivity contribution in [3.63, 3.8) is 0 Å². The first-order chi connectivity index (χ1) is 15.9. The van der Waals surface area contributed by atoms with Crippen LogP contribution in [-0.2, 0) is 16.6 Å². The lowest BCUT2D eigenvalue weighted by atomic mass is 10.2. The molecule has 1 atom stereocenters. The number of carbonyl (C=O) groups is 1. The molecule has 0 spiro atoms. The zero-order valence-electron chi connectivity index (χ0n) is 18.4. The molecule has 1 amide bonds. The van der Waals surface area contributed by atoms with Gasteiger partial charge in [0.15, 0.2) is 0 Å². The number of nitrogens with one attached hydrogen (secondary N) is 2. The largest absolute Gasteiger partial charge is 0.495 e. The molecule has 7 nitrogen and oxygen atoms in total. The number of nitrogens with zero attached hydrogens (tertiary/aromatic N) is 1. The molecule has 1 saturated heterocycles. The van der Waals surface area contributed by atoms with Crippen molar-refractivity contribution in [3.05, 3.63) is 90.0 Å². The topological polar surface area (TPSA) is 87.7 Å². The Hall–Kier alpha value is -3.36. The summed E-state index contributed by atoms with van der Waals surface area (Å²) in [4.78, 5) is 15.2. The summed E-state index contributed by atoms with van der Waals surface area (Å²) < 4.78 is 33.5. The molecule has 4 rings (SSSR count). The van der Waals surface area contributed by atoms with Crippen LogP contribution in [0.4, 0.5) is 5.69 Å². The average molecular weight is 466 g/mol. The Morgan fingerprint density at radius 2 is 1.79 bits per heavy atom. The van der Waals surface area contributed by atoms with Gasteiger partial charge >= 0.3 is 0 Å². The van der Waals surface area contributed by atoms with Crippen LogP contribution >= 0.6 is 0 Å². The van der Waals surface area contributed by atoms with Crippen LogP contribution in [0.1, 0.15) is 22.3 Å². The molecular formula is C25H27N3O4S. The van der Waals surface area contributed by atoms with Crippen molar-refractivity contribution in [2.75, 3.05) is 24.9 Å². The monoisotopic (exact) mass is 465 g/mol. The number of sulfonamides is 1. The van der Waals surface area contributed by atoms with Crippen LogP contribution in [0.5, 0.6) is 5.75 Å². The summed E-state index contributed by atoms with van der Waals surface area (Å²) in [7, 11) is -2.42. The molecule has 0 saturated carbocycles. The van der Waals surface area contributed by atoms with Gasteiger partial charge in [0.25, 0.3) is 15.9 Å². The summed E-state index contributed by atoms with van der Waals surface area (Å²) in [5, 5.41) is 3.04. The second-order valence-corrected chi connectivity index (χ2v) is 9.70. The maximum absolute atomic E-state index is 12.9. The van der Waals surface area contributed by atoms with Crippen molar-refractivity contribution < 1.29 is 17.9 Å². The van der Waals surface area contributed by atoms with Gasteiger partial charge in [-0.3, -0.25) is 14.4 Å². The molecule has 1 fully saturated rings. The zero-order valence-corrected chi connectivity index (χ0v) is 19.2. The minimum Gasteiger partial charge on any atom is -0.495 e. The van der Waals surface area contributed by atoms with Gasteiger partial charge in [-0.25, -0.2) is 8.42 Å². The third-order valence-corrected chi connectivity index (χ3v) is 6.98. The van der Waals surface area contributed by atoms with Gasteiger partial charge in [0.1, 0.15) is 5.75 Å². The molecule has 0 unspecified atom stereocenters. The van der Waals surface area contributed by atoms with Gasteiger partial charge < -0.3 is 10.1 Å². The molecular weight excluding hydrogens is 438 g/mol. The van der Waals surface area contributed by atoms with Gasteiger partial charge in [0, 0.05) is 31.2 Å². The van der Waals surface area contributed by atoms with Crippen molar-refractivity contribution in [1.82, 2.24) is 10.2 Å². The van der Waals surface area contributed by atoms with Crippen molar-refractivity contribution in [1.29, 1.82) is 0 Å². The first-order valence-electron chi connectivity index (χ1n) is 10.8. The lowest BCUT2D eigenvalue weighted by molar-refractivity contribution is 0.0937. The molecule has 0 radical (unpaired) electrons. The third-order valence-electron chi connectivity index (χ3n) is 5.61. The van der Waals surface area contributed by atoms with E-state index in [1.165, 1.54) is 24.8 Å². The van der Waals surface area contributed by atoms with E-state index >= 15 is 0 Å². The summed E-state index contributed by atoms with van der Waals surface area (Å²) in [6.45, 7) is 2.50. The molecule has 3 aromatic rings. The number of rotatable bonds is 8. The summed E-state index contributed by atoms with van der Waals surface area (Å²) in [5.41, 5.74) is 1.88. The van der Waals surface area contributed by atoms with E-state index in [1.807, 2.05) is 18.2 Å². The van der Waals surface area contributed by atoms with Crippen LogP contribution in [-0.4, -0.2) is 45.5 Å². The van der Waals surface area contributed by atoms with Crippen LogP contribution in [0.15, 0.2) is 83.8 Å². The summed E-state index contributed by atoms with van der Waals surface area (Å²) in [6.07, 6.45) is 0.853. The maximum atomic E-state index is 12.9. The van der Waals surface area contributed by atoms with E-state index in [-0.39, 0.29) is 16.8 Å². The number of benzene rings is 3. The van der Waals surface area contributed by atoms with Gasteiger partial charge in [-0.05, 0) is 42.3 Å². The van der Waals surface area contributed by atoms with E-state index in [2.05, 4.69) is 27.1 Å². The Balaban J connectivity index is 1.40. The average Bonchev–Trinajstić information content (AvgIpc) is 3.26. The molecule has 0 aliphatic carbocycles. The van der Waals surface area contributed by atoms with E-state index in [1.54, 1.807) is 36.4 Å². The molecule has 1 aliphatic rings. The van der Waals surface area contributed by atoms with Crippen LogP contribution in [0.2, 0.25) is 0 Å². The minimum atomic E-state index is -3.89. The number of ether oxygens (including phenoxy) is 1. The number of amides is 1. The second-order valence-electron chi connectivity index (χ2n) is 8.01. The number of carbonyl (C=O) groups excluding carboxylic acids is 1. The quantitative estimate of drug-likeness (QED) is 0.532. The van der Waals surface area contributed by atoms with E-state index in [0.29, 0.717) is 17.0 Å². The van der Waals surface area contributed by atoms with Gasteiger partial charge in [0.2, 0.25) is 0 Å². The van der Waals surface area contributed by atoms with Crippen LogP contribution < -0.4 is 14.8 Å². The van der Waals surface area contributed by atoms with Gasteiger partial charge in [0.05, 0.1) is 17.7 Å². The number of hydrogen-bond acceptors (Lipinski definition) is 5. The van der Waals surface area contributed by atoms with Crippen molar-refractivity contribution in [2.24, 2.45) is 0 Å². The number of para-hydroxylation sites is 2. The predicted molar refractivity (Wildman–Crippen MR) is 128 cm³/mol. The summed E-state index contributed by atoms with van der Waals surface area (Å²) in [6, 6.07) is 23.1. The second kappa shape index (κ2) is 10.1. The summed E-state index contributed by atoms with van der Waals surface area (Å²) in [5.74, 6) is 0.132. The fourth-order valence-electron chi connectivity index (χ4n) is 3.94. The lowest BCUT2D eigenvalue weighted by Gasteiger charge is -2.17. The molecule has 1 heterocycles. The highest BCUT2D eigenvalue weighted by Gasteiger charge is 2.25. The molecule has 8 heteroatoms. The van der Waals surface area contributed by atoms with E-state index in [4.69, 9.17) is 4.74 Å². The van der Waals surface area contributed by atoms with Crippen LogP contribution in [0.25, 0.3) is 0 Å². The van der Waals surface area contributed by atoms with E-state index in [0.717, 1.165) is 26.1 Å². The molecule has 2 N–H and O–H groups in total. The molecule has 172 valence electrons. The number of likely N-dealkylation sites (tertiary alicyclic amines) is 1. The molecule has 33 heavy (non-hydrogen) atoms. The fourth-order valence-corrected chi connectivity index (χ4v) is 5.06. The van der Waals surface area contributed by atoms with Gasteiger partial charge in [-0.15, -0.1) is 0 Å². The zero-order chi connectivity index (χ0) is 23.3. The van der Waals surface area contributed by atoms with Crippen molar-refractivity contribution >= 4 is 21.6 Å². The molecule has 1 aliphatic heterocycles. The SMILES string of the molecule is COc1ccccc1NS(=O)(=O)c1cccc(C(=O)N[C@H]2CCN(Cc3ccccc3)C2)c1. The smallest absolute Gasteiger partial charge is 0.262 e. The standard InChI is InChI=1S/C25H27N3O4S/c1-32-24-13-6-5-12-23(24)27-33(30,31)22-11-7-10-20(16-22)25(29)26-21-14-15-28(18-21)17-19-8-3-2-4-9-19/h2-13,16,21,27H,14-15,17-18H2,1H3,(H,26,29)/t21-/m0/s1. The van der Waals surface area contributed by atoms with Gasteiger partial charge in [-0.2, -0.15) is 0 Å². The van der Waals surface area contributed by atoms with Crippen molar-refractivity contribution in [3.8, 4) is 5.75 Å².